The molecule has 0 bridgehead atoms. The van der Waals surface area contributed by atoms with E-state index in [0.29, 0.717) is 5.92 Å². The molecule has 1 fully saturated rings. The Balaban J connectivity index is 1.77. The summed E-state index contributed by atoms with van der Waals surface area (Å²) in [7, 11) is -0.624. The number of hydrogen-bond acceptors (Lipinski definition) is 1. The maximum Gasteiger partial charge on any atom is 0.272 e. The maximum absolute atomic E-state index is 14.7. The smallest absolute Gasteiger partial charge is 0.272 e. The highest BCUT2D eigenvalue weighted by molar-refractivity contribution is 6.59. The SMILES string of the molecule is CCC[SiH]1CCC(c2ccc(-c3cc(F)c(OCC(F)F)c(F)c3)c(F)c2)CC1. The number of alkyl halides is 2. The lowest BCUT2D eigenvalue weighted by Gasteiger charge is -2.28. The molecule has 2 aromatic rings. The van der Waals surface area contributed by atoms with Crippen LogP contribution in [0.1, 0.15) is 37.7 Å². The molecular formula is C22H25F5OSi. The van der Waals surface area contributed by atoms with Gasteiger partial charge in [0.1, 0.15) is 12.4 Å². The molecule has 0 saturated carbocycles. The molecule has 3 rings (SSSR count). The summed E-state index contributed by atoms with van der Waals surface area (Å²) in [5, 5.41) is 0. The zero-order chi connectivity index (χ0) is 21.0. The van der Waals surface area contributed by atoms with Gasteiger partial charge in [0.05, 0.1) is 0 Å². The summed E-state index contributed by atoms with van der Waals surface area (Å²) in [4.78, 5) is 0. The van der Waals surface area contributed by atoms with Gasteiger partial charge in [0.15, 0.2) is 17.4 Å². The van der Waals surface area contributed by atoms with Gasteiger partial charge < -0.3 is 4.74 Å². The standard InChI is InChI=1S/C22H25F5OSi/c1-2-7-29-8-5-14(6-9-29)15-3-4-17(18(23)10-15)16-11-19(24)22(20(25)12-16)28-13-21(26)27/h3-4,10-12,14,21,29H,2,5-9,13H2,1H3. The summed E-state index contributed by atoms with van der Waals surface area (Å²) < 4.78 is 71.9. The Kier molecular flexibility index (Phi) is 7.32. The summed E-state index contributed by atoms with van der Waals surface area (Å²) in [5.74, 6) is -3.36. The second kappa shape index (κ2) is 9.74. The van der Waals surface area contributed by atoms with Crippen molar-refractivity contribution in [1.82, 2.24) is 0 Å². The minimum atomic E-state index is -2.85. The predicted molar refractivity (Wildman–Crippen MR) is 107 cm³/mol. The highest BCUT2D eigenvalue weighted by Crippen LogP contribution is 2.37. The molecule has 1 heterocycles. The molecule has 1 aliphatic heterocycles. The van der Waals surface area contributed by atoms with Crippen LogP contribution in [0.5, 0.6) is 5.75 Å². The van der Waals surface area contributed by atoms with E-state index in [2.05, 4.69) is 11.7 Å². The zero-order valence-corrected chi connectivity index (χ0v) is 17.5. The second-order valence-electron chi connectivity index (χ2n) is 7.72. The Hall–Kier alpha value is -1.89. The molecule has 7 heteroatoms. The molecule has 2 aromatic carbocycles. The van der Waals surface area contributed by atoms with Crippen LogP contribution in [0.4, 0.5) is 22.0 Å². The molecule has 1 nitrogen and oxygen atoms in total. The summed E-state index contributed by atoms with van der Waals surface area (Å²) >= 11 is 0. The molecule has 29 heavy (non-hydrogen) atoms. The van der Waals surface area contributed by atoms with Crippen LogP contribution in [0.3, 0.4) is 0 Å². The molecule has 0 amide bonds. The van der Waals surface area contributed by atoms with Gasteiger partial charge in [-0.3, -0.25) is 0 Å². The molecule has 1 aliphatic rings. The quantitative estimate of drug-likeness (QED) is 0.343. The van der Waals surface area contributed by atoms with Crippen molar-refractivity contribution in [3.63, 3.8) is 0 Å². The van der Waals surface area contributed by atoms with Crippen molar-refractivity contribution in [3.05, 3.63) is 53.3 Å². The Morgan fingerprint density at radius 2 is 1.66 bits per heavy atom. The van der Waals surface area contributed by atoms with E-state index in [1.54, 1.807) is 0 Å². The molecule has 1 saturated heterocycles. The molecule has 0 radical (unpaired) electrons. The third kappa shape index (κ3) is 5.38. The Morgan fingerprint density at radius 3 is 2.21 bits per heavy atom. The predicted octanol–water partition coefficient (Wildman–Crippen LogP) is 6.93. The fraction of sp³-hybridized carbons (Fsp3) is 0.455. The Bertz CT molecular complexity index is 811. The molecule has 0 aromatic heterocycles. The highest BCUT2D eigenvalue weighted by Gasteiger charge is 2.24. The van der Waals surface area contributed by atoms with Crippen LogP contribution < -0.4 is 4.74 Å². The topological polar surface area (TPSA) is 9.23 Å². The number of ether oxygens (including phenoxy) is 1. The molecule has 0 N–H and O–H groups in total. The van der Waals surface area contributed by atoms with Crippen LogP contribution in [-0.2, 0) is 0 Å². The van der Waals surface area contributed by atoms with Gasteiger partial charge in [0.25, 0.3) is 6.43 Å². The van der Waals surface area contributed by atoms with E-state index in [1.165, 1.54) is 36.7 Å². The van der Waals surface area contributed by atoms with Crippen LogP contribution in [0.25, 0.3) is 11.1 Å². The highest BCUT2D eigenvalue weighted by atomic mass is 28.3. The van der Waals surface area contributed by atoms with E-state index in [-0.39, 0.29) is 11.1 Å². The molecule has 0 atom stereocenters. The Labute approximate surface area is 169 Å². The van der Waals surface area contributed by atoms with Crippen molar-refractivity contribution < 1.29 is 26.7 Å². The lowest BCUT2D eigenvalue weighted by atomic mass is 9.91. The zero-order valence-electron chi connectivity index (χ0n) is 16.4. The van der Waals surface area contributed by atoms with Gasteiger partial charge in [0, 0.05) is 14.4 Å². The lowest BCUT2D eigenvalue weighted by Crippen LogP contribution is -2.20. The molecular weight excluding hydrogens is 403 g/mol. The number of rotatable bonds is 7. The summed E-state index contributed by atoms with van der Waals surface area (Å²) in [6.45, 7) is 1.11. The first-order valence-corrected chi connectivity index (χ1v) is 12.5. The average Bonchev–Trinajstić information content (AvgIpc) is 2.67. The number of benzene rings is 2. The van der Waals surface area contributed by atoms with Gasteiger partial charge in [0.2, 0.25) is 0 Å². The van der Waals surface area contributed by atoms with Gasteiger partial charge in [-0.25, -0.2) is 22.0 Å². The monoisotopic (exact) mass is 428 g/mol. The second-order valence-corrected chi connectivity index (χ2v) is 11.2. The van der Waals surface area contributed by atoms with Gasteiger partial charge in [-0.2, -0.15) is 0 Å². The number of hydrogen-bond donors (Lipinski definition) is 0. The first-order valence-electron chi connectivity index (χ1n) is 10.1. The lowest BCUT2D eigenvalue weighted by molar-refractivity contribution is 0.0777. The van der Waals surface area contributed by atoms with Gasteiger partial charge in [-0.15, -0.1) is 0 Å². The van der Waals surface area contributed by atoms with Crippen molar-refractivity contribution in [2.24, 2.45) is 0 Å². The van der Waals surface area contributed by atoms with Crippen molar-refractivity contribution >= 4 is 8.80 Å². The van der Waals surface area contributed by atoms with Crippen LogP contribution in [-0.4, -0.2) is 21.8 Å². The van der Waals surface area contributed by atoms with E-state index >= 15 is 0 Å². The van der Waals surface area contributed by atoms with Crippen molar-refractivity contribution in [3.8, 4) is 16.9 Å². The minimum absolute atomic E-state index is 0.00695. The summed E-state index contributed by atoms with van der Waals surface area (Å²) in [6.07, 6.45) is 0.548. The van der Waals surface area contributed by atoms with Crippen molar-refractivity contribution in [1.29, 1.82) is 0 Å². The van der Waals surface area contributed by atoms with Crippen LogP contribution in [0, 0.1) is 17.5 Å². The fourth-order valence-corrected chi connectivity index (χ4v) is 7.64. The van der Waals surface area contributed by atoms with Gasteiger partial charge >= 0.3 is 0 Å². The van der Waals surface area contributed by atoms with Crippen molar-refractivity contribution in [2.45, 2.75) is 56.7 Å². The normalized spacial score (nSPS) is 19.6. The van der Waals surface area contributed by atoms with E-state index in [1.807, 2.05) is 6.07 Å². The van der Waals surface area contributed by atoms with Gasteiger partial charge in [-0.05, 0) is 48.1 Å². The molecule has 158 valence electrons. The van der Waals surface area contributed by atoms with E-state index in [0.717, 1.165) is 30.5 Å². The van der Waals surface area contributed by atoms with E-state index < -0.39 is 45.0 Å². The maximum atomic E-state index is 14.7. The van der Waals surface area contributed by atoms with Gasteiger partial charge in [-0.1, -0.05) is 43.6 Å². The van der Waals surface area contributed by atoms with E-state index in [9.17, 15) is 22.0 Å². The largest absolute Gasteiger partial charge is 0.482 e. The molecule has 0 aliphatic carbocycles. The van der Waals surface area contributed by atoms with E-state index in [4.69, 9.17) is 0 Å². The third-order valence-corrected chi connectivity index (χ3v) is 9.36. The first kappa shape index (κ1) is 21.8. The molecule has 0 spiro atoms. The summed E-state index contributed by atoms with van der Waals surface area (Å²) in [6, 6.07) is 10.5. The minimum Gasteiger partial charge on any atom is -0.482 e. The Morgan fingerprint density at radius 1 is 1.00 bits per heavy atom. The average molecular weight is 429 g/mol. The van der Waals surface area contributed by atoms with Crippen molar-refractivity contribution in [2.75, 3.05) is 6.61 Å². The number of halogens is 5. The van der Waals surface area contributed by atoms with Crippen LogP contribution in [0.2, 0.25) is 18.1 Å². The molecule has 0 unspecified atom stereocenters. The van der Waals surface area contributed by atoms with Crippen LogP contribution >= 0.6 is 0 Å². The summed E-state index contributed by atoms with van der Waals surface area (Å²) in [5.41, 5.74) is 1.00. The third-order valence-electron chi connectivity index (χ3n) is 5.67. The van der Waals surface area contributed by atoms with Crippen LogP contribution in [0.15, 0.2) is 30.3 Å². The first-order chi connectivity index (χ1) is 13.9. The fourth-order valence-electron chi connectivity index (χ4n) is 4.21.